The van der Waals surface area contributed by atoms with Crippen molar-refractivity contribution in [1.82, 2.24) is 4.98 Å². The lowest BCUT2D eigenvalue weighted by Crippen LogP contribution is -3.00. The minimum absolute atomic E-state index is 0. The highest BCUT2D eigenvalue weighted by Gasteiger charge is 2.02. The van der Waals surface area contributed by atoms with Crippen molar-refractivity contribution in [3.8, 4) is 0 Å². The summed E-state index contributed by atoms with van der Waals surface area (Å²) in [5, 5.41) is 0. The van der Waals surface area contributed by atoms with Gasteiger partial charge >= 0.3 is 0 Å². The number of aryl methyl sites for hydroxylation is 4. The second kappa shape index (κ2) is 14.8. The van der Waals surface area contributed by atoms with Crippen LogP contribution in [0.1, 0.15) is 80.9 Å². The number of pyridine rings is 2. The molecule has 2 aromatic heterocycles. The Bertz CT molecular complexity index is 613. The van der Waals surface area contributed by atoms with E-state index >= 15 is 0 Å². The zero-order chi connectivity index (χ0) is 18.5. The fourth-order valence-electron chi connectivity index (χ4n) is 3.46. The Labute approximate surface area is 177 Å². The van der Waals surface area contributed by atoms with Crippen LogP contribution in [-0.2, 0) is 13.0 Å². The van der Waals surface area contributed by atoms with Crippen LogP contribution in [0.5, 0.6) is 0 Å². The number of halogens is 1. The third kappa shape index (κ3) is 10.6. The van der Waals surface area contributed by atoms with Crippen LogP contribution in [0, 0.1) is 13.8 Å². The summed E-state index contributed by atoms with van der Waals surface area (Å²) >= 11 is 0. The lowest BCUT2D eigenvalue weighted by molar-refractivity contribution is -0.697. The topological polar surface area (TPSA) is 16.8 Å². The van der Waals surface area contributed by atoms with Crippen molar-refractivity contribution in [2.75, 3.05) is 0 Å². The summed E-state index contributed by atoms with van der Waals surface area (Å²) in [6.07, 6.45) is 23.3. The summed E-state index contributed by atoms with van der Waals surface area (Å²) in [5.74, 6) is 0. The smallest absolute Gasteiger partial charge is 0.171 e. The van der Waals surface area contributed by atoms with Crippen LogP contribution in [0.2, 0.25) is 0 Å². The molecule has 2 heterocycles. The highest BCUT2D eigenvalue weighted by atomic mass is 79.9. The van der Waals surface area contributed by atoms with Crippen LogP contribution in [-0.4, -0.2) is 4.98 Å². The Morgan fingerprint density at radius 2 is 1.41 bits per heavy atom. The first-order valence-electron chi connectivity index (χ1n) is 10.6. The second-order valence-electron chi connectivity index (χ2n) is 7.70. The minimum atomic E-state index is 0. The summed E-state index contributed by atoms with van der Waals surface area (Å²) in [5.41, 5.74) is 4.16. The summed E-state index contributed by atoms with van der Waals surface area (Å²) in [6.45, 7) is 5.54. The number of hydrogen-bond donors (Lipinski definition) is 0. The molecule has 2 rings (SSSR count). The Morgan fingerprint density at radius 1 is 0.778 bits per heavy atom. The zero-order valence-corrected chi connectivity index (χ0v) is 18.9. The van der Waals surface area contributed by atoms with E-state index in [1.165, 1.54) is 87.3 Å². The Balaban J connectivity index is 0.00000364. The lowest BCUT2D eigenvalue weighted by atomic mass is 10.0. The van der Waals surface area contributed by atoms with E-state index in [9.17, 15) is 0 Å². The fraction of sp³-hybridized carbons (Fsp3) is 0.583. The van der Waals surface area contributed by atoms with Gasteiger partial charge < -0.3 is 17.0 Å². The van der Waals surface area contributed by atoms with Gasteiger partial charge in [-0.2, -0.15) is 0 Å². The van der Waals surface area contributed by atoms with Crippen molar-refractivity contribution in [1.29, 1.82) is 0 Å². The molecule has 27 heavy (non-hydrogen) atoms. The number of aromatic nitrogens is 2. The molecule has 0 atom stereocenters. The van der Waals surface area contributed by atoms with E-state index in [0.29, 0.717) is 0 Å². The average Bonchev–Trinajstić information content (AvgIpc) is 2.66. The van der Waals surface area contributed by atoms with E-state index in [4.69, 9.17) is 0 Å². The van der Waals surface area contributed by atoms with E-state index in [1.54, 1.807) is 0 Å². The number of nitrogens with zero attached hydrogens (tertiary/aromatic N) is 2. The maximum Gasteiger partial charge on any atom is 0.171 e. The lowest BCUT2D eigenvalue weighted by Gasteiger charge is -2.03. The molecule has 3 heteroatoms. The van der Waals surface area contributed by atoms with Crippen LogP contribution in [0.3, 0.4) is 0 Å². The molecule has 2 aromatic rings. The summed E-state index contributed by atoms with van der Waals surface area (Å²) < 4.78 is 2.34. The number of rotatable bonds is 13. The molecule has 0 amide bonds. The Kier molecular flexibility index (Phi) is 13.0. The van der Waals surface area contributed by atoms with Crippen molar-refractivity contribution >= 4 is 0 Å². The van der Waals surface area contributed by atoms with E-state index in [-0.39, 0.29) is 17.0 Å². The Hall–Kier alpha value is -1.22. The number of unbranched alkanes of at least 4 members (excludes halogenated alkanes) is 9. The molecule has 2 nitrogen and oxygen atoms in total. The molecule has 0 N–H and O–H groups in total. The molecule has 0 saturated carbocycles. The van der Waals surface area contributed by atoms with Gasteiger partial charge in [-0.1, -0.05) is 51.0 Å². The predicted octanol–water partition coefficient (Wildman–Crippen LogP) is 3.13. The van der Waals surface area contributed by atoms with Gasteiger partial charge in [0.2, 0.25) is 0 Å². The van der Waals surface area contributed by atoms with E-state index in [1.807, 2.05) is 18.5 Å². The Morgan fingerprint density at radius 3 is 2.00 bits per heavy atom. The van der Waals surface area contributed by atoms with Gasteiger partial charge in [-0.25, -0.2) is 4.57 Å². The minimum Gasteiger partial charge on any atom is -1.00 e. The number of hydrogen-bond acceptors (Lipinski definition) is 1. The summed E-state index contributed by atoms with van der Waals surface area (Å²) in [6, 6.07) is 6.45. The van der Waals surface area contributed by atoms with Gasteiger partial charge in [0, 0.05) is 30.4 Å². The largest absolute Gasteiger partial charge is 1.00 e. The average molecular weight is 433 g/mol. The van der Waals surface area contributed by atoms with Crippen molar-refractivity contribution in [2.24, 2.45) is 0 Å². The highest BCUT2D eigenvalue weighted by molar-refractivity contribution is 5.16. The molecule has 150 valence electrons. The van der Waals surface area contributed by atoms with Gasteiger partial charge in [-0.3, -0.25) is 4.98 Å². The predicted molar refractivity (Wildman–Crippen MR) is 110 cm³/mol. The monoisotopic (exact) mass is 432 g/mol. The SMILES string of the molecule is Cc1cc[n+](CCCCCCCCCCCCc2cccnc2)cc1C.[Br-]. The molecule has 0 spiro atoms. The third-order valence-corrected chi connectivity index (χ3v) is 5.35. The van der Waals surface area contributed by atoms with Gasteiger partial charge in [0.25, 0.3) is 0 Å². The van der Waals surface area contributed by atoms with Gasteiger partial charge in [-0.05, 0) is 50.3 Å². The van der Waals surface area contributed by atoms with Crippen LogP contribution < -0.4 is 21.5 Å². The van der Waals surface area contributed by atoms with Crippen LogP contribution in [0.15, 0.2) is 43.0 Å². The van der Waals surface area contributed by atoms with Crippen LogP contribution in [0.25, 0.3) is 0 Å². The molecule has 0 unspecified atom stereocenters. The van der Waals surface area contributed by atoms with Gasteiger partial charge in [-0.15, -0.1) is 0 Å². The highest BCUT2D eigenvalue weighted by Crippen LogP contribution is 2.12. The van der Waals surface area contributed by atoms with Gasteiger partial charge in [0.15, 0.2) is 12.4 Å². The third-order valence-electron chi connectivity index (χ3n) is 5.35. The van der Waals surface area contributed by atoms with Crippen LogP contribution >= 0.6 is 0 Å². The molecule has 0 radical (unpaired) electrons. The van der Waals surface area contributed by atoms with Gasteiger partial charge in [0.05, 0.1) is 0 Å². The maximum atomic E-state index is 4.18. The fourth-order valence-corrected chi connectivity index (χ4v) is 3.46. The van der Waals surface area contributed by atoms with Crippen molar-refractivity contribution in [3.63, 3.8) is 0 Å². The molecule has 0 aromatic carbocycles. The normalized spacial score (nSPS) is 10.6. The second-order valence-corrected chi connectivity index (χ2v) is 7.70. The van der Waals surface area contributed by atoms with Crippen LogP contribution in [0.4, 0.5) is 0 Å². The van der Waals surface area contributed by atoms with E-state index in [2.05, 4.69) is 47.9 Å². The first-order chi connectivity index (χ1) is 12.8. The van der Waals surface area contributed by atoms with Crippen molar-refractivity contribution in [2.45, 2.75) is 91.0 Å². The molecular formula is C24H37BrN2. The maximum absolute atomic E-state index is 4.18. The van der Waals surface area contributed by atoms with E-state index in [0.717, 1.165) is 6.54 Å². The first-order valence-corrected chi connectivity index (χ1v) is 10.6. The van der Waals surface area contributed by atoms with Crippen molar-refractivity contribution < 1.29 is 21.5 Å². The zero-order valence-electron chi connectivity index (χ0n) is 17.3. The standard InChI is InChI=1S/C24H37N2.BrH/c1-22-16-19-26(21-23(22)2)18-12-10-8-6-4-3-5-7-9-11-14-24-15-13-17-25-20-24;/h13,15-17,19-21H,3-12,14,18H2,1-2H3;1H/q+1;/p-1. The summed E-state index contributed by atoms with van der Waals surface area (Å²) in [7, 11) is 0. The molecule has 0 fully saturated rings. The molecule has 0 aliphatic rings. The summed E-state index contributed by atoms with van der Waals surface area (Å²) in [4.78, 5) is 4.18. The first kappa shape index (κ1) is 23.8. The van der Waals surface area contributed by atoms with E-state index < -0.39 is 0 Å². The van der Waals surface area contributed by atoms with Crippen molar-refractivity contribution in [3.05, 3.63) is 59.7 Å². The molecule has 0 saturated heterocycles. The quantitative estimate of drug-likeness (QED) is 0.350. The molecule has 0 bridgehead atoms. The molecule has 0 aliphatic carbocycles. The molecule has 0 aliphatic heterocycles. The molecular weight excluding hydrogens is 396 g/mol. The van der Waals surface area contributed by atoms with Gasteiger partial charge in [0.1, 0.15) is 6.54 Å².